The SMILES string of the molecule is CC1NC(=O)CN(C2CCCCC2C)C1=O. The van der Waals surface area contributed by atoms with Crippen molar-refractivity contribution in [1.82, 2.24) is 10.2 Å². The summed E-state index contributed by atoms with van der Waals surface area (Å²) in [5, 5.41) is 2.68. The zero-order chi connectivity index (χ0) is 11.7. The van der Waals surface area contributed by atoms with E-state index in [-0.39, 0.29) is 30.4 Å². The predicted octanol–water partition coefficient (Wildman–Crippen LogP) is 0.912. The van der Waals surface area contributed by atoms with Crippen LogP contribution in [0.4, 0.5) is 0 Å². The maximum atomic E-state index is 12.0. The van der Waals surface area contributed by atoms with Crippen molar-refractivity contribution in [3.63, 3.8) is 0 Å². The van der Waals surface area contributed by atoms with Gasteiger partial charge >= 0.3 is 0 Å². The molecule has 4 nitrogen and oxygen atoms in total. The zero-order valence-corrected chi connectivity index (χ0v) is 10.0. The minimum atomic E-state index is -0.352. The van der Waals surface area contributed by atoms with E-state index in [2.05, 4.69) is 12.2 Å². The van der Waals surface area contributed by atoms with Crippen molar-refractivity contribution in [2.24, 2.45) is 5.92 Å². The molecular formula is C12H20N2O2. The van der Waals surface area contributed by atoms with Crippen molar-refractivity contribution >= 4 is 11.8 Å². The van der Waals surface area contributed by atoms with E-state index in [9.17, 15) is 9.59 Å². The van der Waals surface area contributed by atoms with Crippen LogP contribution in [0.2, 0.25) is 0 Å². The standard InChI is InChI=1S/C12H20N2O2/c1-8-5-3-4-6-10(8)14-7-11(15)13-9(2)12(14)16/h8-10H,3-7H2,1-2H3,(H,13,15). The predicted molar refractivity (Wildman–Crippen MR) is 60.7 cm³/mol. The summed E-state index contributed by atoms with van der Waals surface area (Å²) in [7, 11) is 0. The smallest absolute Gasteiger partial charge is 0.245 e. The molecule has 1 aliphatic heterocycles. The lowest BCUT2D eigenvalue weighted by Crippen LogP contribution is -2.61. The first-order valence-electron chi connectivity index (χ1n) is 6.19. The molecule has 2 aliphatic rings. The molecule has 3 unspecified atom stereocenters. The van der Waals surface area contributed by atoms with E-state index >= 15 is 0 Å². The molecule has 16 heavy (non-hydrogen) atoms. The maximum Gasteiger partial charge on any atom is 0.245 e. The Hall–Kier alpha value is -1.06. The second-order valence-electron chi connectivity index (χ2n) is 5.08. The molecule has 1 saturated carbocycles. The molecule has 1 N–H and O–H groups in total. The first-order valence-corrected chi connectivity index (χ1v) is 6.19. The average molecular weight is 224 g/mol. The van der Waals surface area contributed by atoms with Gasteiger partial charge in [0.1, 0.15) is 6.04 Å². The Morgan fingerprint density at radius 2 is 1.88 bits per heavy atom. The quantitative estimate of drug-likeness (QED) is 0.720. The summed E-state index contributed by atoms with van der Waals surface area (Å²) >= 11 is 0. The van der Waals surface area contributed by atoms with Gasteiger partial charge < -0.3 is 10.2 Å². The Bertz CT molecular complexity index is 303. The summed E-state index contributed by atoms with van der Waals surface area (Å²) in [4.78, 5) is 25.3. The van der Waals surface area contributed by atoms with Gasteiger partial charge in [-0.25, -0.2) is 0 Å². The van der Waals surface area contributed by atoms with E-state index in [1.165, 1.54) is 19.3 Å². The van der Waals surface area contributed by atoms with Gasteiger partial charge in [-0.1, -0.05) is 19.8 Å². The van der Waals surface area contributed by atoms with Gasteiger partial charge in [0.05, 0.1) is 6.54 Å². The Kier molecular flexibility index (Phi) is 3.17. The van der Waals surface area contributed by atoms with Crippen LogP contribution in [-0.2, 0) is 9.59 Å². The highest BCUT2D eigenvalue weighted by Gasteiger charge is 2.37. The molecule has 2 amide bonds. The van der Waals surface area contributed by atoms with Crippen molar-refractivity contribution in [3.05, 3.63) is 0 Å². The highest BCUT2D eigenvalue weighted by Crippen LogP contribution is 2.29. The van der Waals surface area contributed by atoms with E-state index in [1.54, 1.807) is 11.8 Å². The van der Waals surface area contributed by atoms with Crippen molar-refractivity contribution in [2.75, 3.05) is 6.54 Å². The lowest BCUT2D eigenvalue weighted by Gasteiger charge is -2.41. The Labute approximate surface area is 96.4 Å². The first kappa shape index (κ1) is 11.4. The normalized spacial score (nSPS) is 36.1. The van der Waals surface area contributed by atoms with Gasteiger partial charge in [0.25, 0.3) is 0 Å². The second-order valence-corrected chi connectivity index (χ2v) is 5.08. The Morgan fingerprint density at radius 1 is 1.19 bits per heavy atom. The van der Waals surface area contributed by atoms with Crippen LogP contribution in [0.15, 0.2) is 0 Å². The van der Waals surface area contributed by atoms with Crippen LogP contribution in [0.5, 0.6) is 0 Å². The molecule has 3 atom stereocenters. The van der Waals surface area contributed by atoms with Gasteiger partial charge in [-0.3, -0.25) is 9.59 Å². The minimum absolute atomic E-state index is 0.0233. The molecule has 0 aromatic rings. The topological polar surface area (TPSA) is 49.4 Å². The van der Waals surface area contributed by atoms with Crippen LogP contribution in [0.25, 0.3) is 0 Å². The number of hydrogen-bond acceptors (Lipinski definition) is 2. The fraction of sp³-hybridized carbons (Fsp3) is 0.833. The molecule has 1 heterocycles. The van der Waals surface area contributed by atoms with E-state index in [0.717, 1.165) is 6.42 Å². The lowest BCUT2D eigenvalue weighted by molar-refractivity contribution is -0.147. The molecule has 4 heteroatoms. The summed E-state index contributed by atoms with van der Waals surface area (Å²) in [6.45, 7) is 4.20. The third kappa shape index (κ3) is 2.06. The van der Waals surface area contributed by atoms with E-state index in [4.69, 9.17) is 0 Å². The van der Waals surface area contributed by atoms with Gasteiger partial charge in [0, 0.05) is 6.04 Å². The molecule has 0 bridgehead atoms. The summed E-state index contributed by atoms with van der Waals surface area (Å²) in [5.74, 6) is 0.582. The van der Waals surface area contributed by atoms with Gasteiger partial charge in [0.2, 0.25) is 11.8 Å². The number of rotatable bonds is 1. The van der Waals surface area contributed by atoms with Gasteiger partial charge in [-0.2, -0.15) is 0 Å². The molecular weight excluding hydrogens is 204 g/mol. The highest BCUT2D eigenvalue weighted by atomic mass is 16.2. The van der Waals surface area contributed by atoms with Crippen LogP contribution in [0, 0.1) is 5.92 Å². The molecule has 0 aromatic carbocycles. The molecule has 0 spiro atoms. The largest absolute Gasteiger partial charge is 0.343 e. The van der Waals surface area contributed by atoms with Crippen LogP contribution < -0.4 is 5.32 Å². The zero-order valence-electron chi connectivity index (χ0n) is 10.0. The molecule has 2 fully saturated rings. The molecule has 1 saturated heterocycles. The second kappa shape index (κ2) is 4.44. The van der Waals surface area contributed by atoms with E-state index in [1.807, 2.05) is 0 Å². The number of hydrogen-bond donors (Lipinski definition) is 1. The average Bonchev–Trinajstić information content (AvgIpc) is 2.24. The molecule has 2 rings (SSSR count). The maximum absolute atomic E-state index is 12.0. The molecule has 1 aliphatic carbocycles. The first-order chi connectivity index (χ1) is 7.59. The third-order valence-corrected chi connectivity index (χ3v) is 3.81. The summed E-state index contributed by atoms with van der Waals surface area (Å²) < 4.78 is 0. The van der Waals surface area contributed by atoms with Crippen LogP contribution in [0.1, 0.15) is 39.5 Å². The van der Waals surface area contributed by atoms with Crippen molar-refractivity contribution in [3.8, 4) is 0 Å². The summed E-state index contributed by atoms with van der Waals surface area (Å²) in [6, 6.07) is -0.0786. The van der Waals surface area contributed by atoms with Crippen LogP contribution in [-0.4, -0.2) is 35.3 Å². The number of amides is 2. The lowest BCUT2D eigenvalue weighted by atomic mass is 9.84. The molecule has 0 aromatic heterocycles. The number of carbonyl (C=O) groups excluding carboxylic acids is 2. The number of piperazine rings is 1. The fourth-order valence-corrected chi connectivity index (χ4v) is 2.87. The number of carbonyl (C=O) groups is 2. The summed E-state index contributed by atoms with van der Waals surface area (Å²) in [6.07, 6.45) is 4.65. The number of nitrogens with zero attached hydrogens (tertiary/aromatic N) is 1. The monoisotopic (exact) mass is 224 g/mol. The Morgan fingerprint density at radius 3 is 2.56 bits per heavy atom. The van der Waals surface area contributed by atoms with Gasteiger partial charge in [-0.05, 0) is 25.7 Å². The number of nitrogens with one attached hydrogen (secondary N) is 1. The van der Waals surface area contributed by atoms with Crippen LogP contribution in [0.3, 0.4) is 0 Å². The minimum Gasteiger partial charge on any atom is -0.343 e. The van der Waals surface area contributed by atoms with Gasteiger partial charge in [0.15, 0.2) is 0 Å². The highest BCUT2D eigenvalue weighted by molar-refractivity contribution is 5.94. The molecule has 90 valence electrons. The summed E-state index contributed by atoms with van der Waals surface area (Å²) in [5.41, 5.74) is 0. The molecule has 0 radical (unpaired) electrons. The van der Waals surface area contributed by atoms with Crippen LogP contribution >= 0.6 is 0 Å². The van der Waals surface area contributed by atoms with Crippen molar-refractivity contribution in [2.45, 2.75) is 51.6 Å². The fourth-order valence-electron chi connectivity index (χ4n) is 2.87. The van der Waals surface area contributed by atoms with Crippen molar-refractivity contribution < 1.29 is 9.59 Å². The third-order valence-electron chi connectivity index (χ3n) is 3.81. The van der Waals surface area contributed by atoms with E-state index in [0.29, 0.717) is 5.92 Å². The van der Waals surface area contributed by atoms with Gasteiger partial charge in [-0.15, -0.1) is 0 Å². The van der Waals surface area contributed by atoms with E-state index < -0.39 is 0 Å². The Balaban J connectivity index is 2.11. The van der Waals surface area contributed by atoms with Crippen molar-refractivity contribution in [1.29, 1.82) is 0 Å².